The summed E-state index contributed by atoms with van der Waals surface area (Å²) in [5, 5.41) is 14.1. The molecule has 2 aliphatic rings. The van der Waals surface area contributed by atoms with Gasteiger partial charge in [0.05, 0.1) is 11.0 Å². The molecule has 10 aromatic carbocycles. The fourth-order valence-corrected chi connectivity index (χ4v) is 10.5. The summed E-state index contributed by atoms with van der Waals surface area (Å²) in [6, 6.07) is 78.7. The summed E-state index contributed by atoms with van der Waals surface area (Å²) in [7, 11) is 0. The van der Waals surface area contributed by atoms with Crippen LogP contribution in [-0.2, 0) is 0 Å². The van der Waals surface area contributed by atoms with Crippen LogP contribution < -0.4 is 10.2 Å². The third kappa shape index (κ3) is 5.00. The number of nitrogens with one attached hydrogen (secondary N) is 1. The van der Waals surface area contributed by atoms with Crippen molar-refractivity contribution in [2.45, 2.75) is 18.2 Å². The first kappa shape index (κ1) is 33.5. The van der Waals surface area contributed by atoms with Crippen molar-refractivity contribution in [3.63, 3.8) is 0 Å². The highest BCUT2D eigenvalue weighted by Gasteiger charge is 2.40. The minimum Gasteiger partial charge on any atom is -0.332 e. The van der Waals surface area contributed by atoms with Crippen LogP contribution >= 0.6 is 0 Å². The van der Waals surface area contributed by atoms with E-state index in [0.717, 1.165) is 5.69 Å². The molecule has 3 nitrogen and oxygen atoms in total. The van der Waals surface area contributed by atoms with E-state index in [4.69, 9.17) is 0 Å². The number of hydrogen-bond acceptors (Lipinski definition) is 2. The average Bonchev–Trinajstić information content (AvgIpc) is 3.80. The zero-order valence-electron chi connectivity index (χ0n) is 32.8. The van der Waals surface area contributed by atoms with E-state index >= 15 is 0 Å². The molecule has 2 atom stereocenters. The van der Waals surface area contributed by atoms with Crippen molar-refractivity contribution in [1.29, 1.82) is 0 Å². The summed E-state index contributed by atoms with van der Waals surface area (Å²) >= 11 is 0. The molecule has 1 fully saturated rings. The van der Waals surface area contributed by atoms with E-state index in [1.54, 1.807) is 0 Å². The summed E-state index contributed by atoms with van der Waals surface area (Å²) < 4.78 is 2.49. The van der Waals surface area contributed by atoms with Gasteiger partial charge in [-0.1, -0.05) is 164 Å². The van der Waals surface area contributed by atoms with Crippen LogP contribution in [0.15, 0.2) is 212 Å². The highest BCUT2D eigenvalue weighted by atomic mass is 15.5. The van der Waals surface area contributed by atoms with Gasteiger partial charge in [-0.05, 0) is 120 Å². The third-order valence-corrected chi connectivity index (χ3v) is 13.3. The second kappa shape index (κ2) is 13.0. The summed E-state index contributed by atoms with van der Waals surface area (Å²) in [6.07, 6.45) is 0.0674. The van der Waals surface area contributed by atoms with Gasteiger partial charge in [-0.2, -0.15) is 0 Å². The van der Waals surface area contributed by atoms with E-state index in [1.807, 2.05) is 0 Å². The van der Waals surface area contributed by atoms with Crippen molar-refractivity contribution >= 4 is 59.8 Å². The lowest BCUT2D eigenvalue weighted by Gasteiger charge is -2.52. The van der Waals surface area contributed by atoms with Crippen molar-refractivity contribution in [2.75, 3.05) is 4.90 Å². The number of hydrogen-bond donors (Lipinski definition) is 1. The molecule has 0 saturated carbocycles. The van der Waals surface area contributed by atoms with E-state index in [9.17, 15) is 0 Å². The second-order valence-electron chi connectivity index (χ2n) is 16.5. The van der Waals surface area contributed by atoms with Gasteiger partial charge in [0.1, 0.15) is 12.3 Å². The molecule has 0 bridgehead atoms. The molecule has 0 radical (unpaired) electrons. The molecule has 3 heteroatoms. The maximum Gasteiger partial charge on any atom is 0.109 e. The Morgan fingerprint density at radius 1 is 0.333 bits per heavy atom. The van der Waals surface area contributed by atoms with Crippen molar-refractivity contribution in [3.8, 4) is 16.8 Å². The molecular formula is C57H39N3. The first-order valence-corrected chi connectivity index (χ1v) is 21.0. The van der Waals surface area contributed by atoms with Crippen LogP contribution in [0.2, 0.25) is 0 Å². The van der Waals surface area contributed by atoms with Crippen molar-refractivity contribution < 1.29 is 0 Å². The predicted octanol–water partition coefficient (Wildman–Crippen LogP) is 14.2. The molecule has 0 amide bonds. The van der Waals surface area contributed by atoms with Crippen LogP contribution in [0.5, 0.6) is 0 Å². The first-order chi connectivity index (χ1) is 29.7. The van der Waals surface area contributed by atoms with Crippen LogP contribution in [0.3, 0.4) is 0 Å². The molecule has 1 aliphatic heterocycles. The minimum atomic E-state index is 0.0231. The second-order valence-corrected chi connectivity index (χ2v) is 16.5. The zero-order valence-corrected chi connectivity index (χ0v) is 32.8. The Hall–Kier alpha value is -7.46. The van der Waals surface area contributed by atoms with Gasteiger partial charge in [-0.3, -0.25) is 5.32 Å². The summed E-state index contributed by atoms with van der Waals surface area (Å²) in [6.45, 7) is 0. The molecule has 2 unspecified atom stereocenters. The Morgan fingerprint density at radius 2 is 0.900 bits per heavy atom. The molecule has 1 N–H and O–H groups in total. The lowest BCUT2D eigenvalue weighted by molar-refractivity contribution is 0.276. The first-order valence-electron chi connectivity index (χ1n) is 21.0. The number of fused-ring (bicyclic) bond motifs is 10. The third-order valence-electron chi connectivity index (χ3n) is 13.3. The Morgan fingerprint density at radius 3 is 1.68 bits per heavy atom. The summed E-state index contributed by atoms with van der Waals surface area (Å²) in [5.41, 5.74) is 14.0. The van der Waals surface area contributed by atoms with Crippen molar-refractivity contribution in [2.24, 2.45) is 0 Å². The number of benzene rings is 10. The van der Waals surface area contributed by atoms with Crippen molar-refractivity contribution in [3.05, 3.63) is 240 Å². The SMILES string of the molecule is c1ccc(N2C(c3ccc(-n4c5cc(C6c7ccccc7-c7ccccc76)ccc5c5cc6ccccc6cc54)cc3)NC2c2ccc3c(ccc4ccccc43)c2)cc1. The van der Waals surface area contributed by atoms with E-state index in [0.29, 0.717) is 0 Å². The molecule has 2 heterocycles. The highest BCUT2D eigenvalue weighted by molar-refractivity contribution is 6.14. The Balaban J connectivity index is 0.919. The predicted molar refractivity (Wildman–Crippen MR) is 250 cm³/mol. The fraction of sp³-hybridized carbons (Fsp3) is 0.0526. The lowest BCUT2D eigenvalue weighted by atomic mass is 9.89. The molecule has 1 saturated heterocycles. The topological polar surface area (TPSA) is 20.2 Å². The largest absolute Gasteiger partial charge is 0.332 e. The van der Waals surface area contributed by atoms with E-state index in [1.165, 1.54) is 98.8 Å². The van der Waals surface area contributed by atoms with Gasteiger partial charge in [0, 0.05) is 28.1 Å². The Kier molecular flexibility index (Phi) is 7.27. The van der Waals surface area contributed by atoms with E-state index in [2.05, 4.69) is 227 Å². The highest BCUT2D eigenvalue weighted by Crippen LogP contribution is 2.49. The molecular weight excluding hydrogens is 727 g/mol. The normalized spacial score (nSPS) is 16.2. The van der Waals surface area contributed by atoms with Gasteiger partial charge >= 0.3 is 0 Å². The molecule has 1 aliphatic carbocycles. The van der Waals surface area contributed by atoms with Gasteiger partial charge in [0.2, 0.25) is 0 Å². The van der Waals surface area contributed by atoms with Crippen LogP contribution in [0, 0.1) is 0 Å². The molecule has 1 aromatic heterocycles. The molecule has 11 aromatic rings. The van der Waals surface area contributed by atoms with Gasteiger partial charge in [0.25, 0.3) is 0 Å². The smallest absolute Gasteiger partial charge is 0.109 e. The van der Waals surface area contributed by atoms with Gasteiger partial charge in [0.15, 0.2) is 0 Å². The maximum absolute atomic E-state index is 3.97. The van der Waals surface area contributed by atoms with E-state index < -0.39 is 0 Å². The van der Waals surface area contributed by atoms with Crippen LogP contribution in [0.1, 0.15) is 46.1 Å². The molecule has 282 valence electrons. The van der Waals surface area contributed by atoms with Crippen LogP contribution in [0.25, 0.3) is 70.9 Å². The van der Waals surface area contributed by atoms with E-state index in [-0.39, 0.29) is 18.2 Å². The Bertz CT molecular complexity index is 3450. The van der Waals surface area contributed by atoms with Gasteiger partial charge in [-0.15, -0.1) is 0 Å². The summed E-state index contributed by atoms with van der Waals surface area (Å²) in [5.74, 6) is 0.179. The summed E-state index contributed by atoms with van der Waals surface area (Å²) in [4.78, 5) is 2.52. The van der Waals surface area contributed by atoms with Crippen LogP contribution in [0.4, 0.5) is 5.69 Å². The van der Waals surface area contributed by atoms with Gasteiger partial charge < -0.3 is 9.47 Å². The number of aromatic nitrogens is 1. The Labute approximate surface area is 348 Å². The average molecular weight is 766 g/mol. The molecule has 0 spiro atoms. The minimum absolute atomic E-state index is 0.0231. The molecule has 13 rings (SSSR count). The van der Waals surface area contributed by atoms with Gasteiger partial charge in [-0.25, -0.2) is 0 Å². The van der Waals surface area contributed by atoms with Crippen LogP contribution in [-0.4, -0.2) is 4.57 Å². The monoisotopic (exact) mass is 765 g/mol. The van der Waals surface area contributed by atoms with Crippen molar-refractivity contribution in [1.82, 2.24) is 9.88 Å². The number of para-hydroxylation sites is 1. The number of rotatable bonds is 5. The fourth-order valence-electron chi connectivity index (χ4n) is 10.5. The zero-order chi connectivity index (χ0) is 39.3. The maximum atomic E-state index is 3.97. The quantitative estimate of drug-likeness (QED) is 0.176. The number of nitrogens with zero attached hydrogens (tertiary/aromatic N) is 2. The lowest BCUT2D eigenvalue weighted by Crippen LogP contribution is -2.57. The molecule has 60 heavy (non-hydrogen) atoms. The number of anilines is 1. The standard InChI is InChI=1S/C57H39N3/c1-2-15-43(16-3-1)60-56(58-57(60)42-27-30-46-40(32-42)23-22-36-12-6-7-17-45(36)46)37-24-28-44(29-25-37)59-53-35-41(55-50-20-10-8-18-47(50)48-19-9-11-21-51(48)55)26-31-49(53)52-33-38-13-4-5-14-39(38)34-54(52)59/h1-35,55-58H.